The van der Waals surface area contributed by atoms with Crippen LogP contribution in [-0.4, -0.2) is 6.04 Å². The van der Waals surface area contributed by atoms with E-state index in [1.165, 1.54) is 38.5 Å². The molecule has 19 heavy (non-hydrogen) atoms. The highest BCUT2D eigenvalue weighted by Crippen LogP contribution is 2.66. The van der Waals surface area contributed by atoms with Gasteiger partial charge in [0.2, 0.25) is 0 Å². The third-order valence-corrected chi connectivity index (χ3v) is 6.19. The van der Waals surface area contributed by atoms with Gasteiger partial charge in [-0.2, -0.15) is 0 Å². The van der Waals surface area contributed by atoms with E-state index >= 15 is 0 Å². The molecule has 4 aliphatic rings. The molecule has 0 aliphatic heterocycles. The van der Waals surface area contributed by atoms with Gasteiger partial charge in [-0.05, 0) is 73.3 Å². The molecule has 3 unspecified atom stereocenters. The molecule has 4 fully saturated rings. The lowest BCUT2D eigenvalue weighted by Gasteiger charge is -2.63. The van der Waals surface area contributed by atoms with Crippen molar-refractivity contribution in [2.24, 2.45) is 28.4 Å². The first kappa shape index (κ1) is 12.0. The Morgan fingerprint density at radius 1 is 1.32 bits per heavy atom. The smallest absolute Gasteiger partial charge is 0.105 e. The summed E-state index contributed by atoms with van der Waals surface area (Å²) in [5, 5.41) is 0. The van der Waals surface area contributed by atoms with Crippen LogP contribution in [0.2, 0.25) is 0 Å². The maximum Gasteiger partial charge on any atom is 0.105 e. The van der Waals surface area contributed by atoms with E-state index in [9.17, 15) is 0 Å². The molecule has 2 nitrogen and oxygen atoms in total. The van der Waals surface area contributed by atoms with Crippen LogP contribution in [0.4, 0.5) is 0 Å². The SMILES string of the molecule is CC12CC3CC(C1)CC(C(N)Cc1ccco1)(C3)C2. The van der Waals surface area contributed by atoms with E-state index in [0.717, 1.165) is 24.0 Å². The molecule has 0 amide bonds. The Labute approximate surface area is 115 Å². The van der Waals surface area contributed by atoms with Crippen molar-refractivity contribution >= 4 is 0 Å². The molecular weight excluding hydrogens is 234 g/mol. The molecule has 0 aromatic carbocycles. The first-order valence-electron chi connectivity index (χ1n) is 7.85. The number of nitrogens with two attached hydrogens (primary N) is 1. The zero-order valence-corrected chi connectivity index (χ0v) is 11.9. The maximum absolute atomic E-state index is 6.66. The molecule has 5 rings (SSSR count). The molecule has 3 atom stereocenters. The van der Waals surface area contributed by atoms with E-state index in [1.54, 1.807) is 6.26 Å². The van der Waals surface area contributed by atoms with Crippen LogP contribution >= 0.6 is 0 Å². The summed E-state index contributed by atoms with van der Waals surface area (Å²) in [6, 6.07) is 4.33. The molecule has 0 radical (unpaired) electrons. The van der Waals surface area contributed by atoms with Crippen molar-refractivity contribution in [2.75, 3.05) is 0 Å². The molecule has 1 heterocycles. The highest BCUT2D eigenvalue weighted by Gasteiger charge is 2.57. The predicted octanol–water partition coefficient (Wildman–Crippen LogP) is 3.76. The average Bonchev–Trinajstić information content (AvgIpc) is 2.78. The lowest BCUT2D eigenvalue weighted by Crippen LogP contribution is -2.58. The predicted molar refractivity (Wildman–Crippen MR) is 75.6 cm³/mol. The van der Waals surface area contributed by atoms with E-state index in [1.807, 2.05) is 6.07 Å². The second kappa shape index (κ2) is 3.88. The van der Waals surface area contributed by atoms with E-state index < -0.39 is 0 Å². The lowest BCUT2D eigenvalue weighted by atomic mass is 9.43. The molecule has 1 aromatic heterocycles. The second-order valence-corrected chi connectivity index (χ2v) is 8.02. The Morgan fingerprint density at radius 2 is 2.05 bits per heavy atom. The van der Waals surface area contributed by atoms with Crippen LogP contribution < -0.4 is 5.73 Å². The van der Waals surface area contributed by atoms with E-state index in [4.69, 9.17) is 10.2 Å². The van der Waals surface area contributed by atoms with Gasteiger partial charge >= 0.3 is 0 Å². The molecule has 2 heteroatoms. The summed E-state index contributed by atoms with van der Waals surface area (Å²) >= 11 is 0. The molecule has 0 saturated heterocycles. The van der Waals surface area contributed by atoms with Crippen LogP contribution in [0.5, 0.6) is 0 Å². The van der Waals surface area contributed by atoms with Gasteiger partial charge in [0.15, 0.2) is 0 Å². The Bertz CT molecular complexity index is 450. The number of furan rings is 1. The minimum absolute atomic E-state index is 0.281. The first-order chi connectivity index (χ1) is 9.07. The van der Waals surface area contributed by atoms with Gasteiger partial charge in [-0.25, -0.2) is 0 Å². The van der Waals surface area contributed by atoms with Gasteiger partial charge < -0.3 is 10.2 Å². The zero-order valence-electron chi connectivity index (χ0n) is 11.9. The molecule has 0 spiro atoms. The van der Waals surface area contributed by atoms with Crippen molar-refractivity contribution in [3.05, 3.63) is 24.2 Å². The summed E-state index contributed by atoms with van der Waals surface area (Å²) in [4.78, 5) is 0. The summed E-state index contributed by atoms with van der Waals surface area (Å²) in [7, 11) is 0. The fourth-order valence-electron chi connectivity index (χ4n) is 6.09. The second-order valence-electron chi connectivity index (χ2n) is 8.02. The fourth-order valence-corrected chi connectivity index (χ4v) is 6.09. The lowest BCUT2D eigenvalue weighted by molar-refractivity contribution is -0.113. The minimum Gasteiger partial charge on any atom is -0.469 e. The normalized spacial score (nSPS) is 45.6. The summed E-state index contributed by atoms with van der Waals surface area (Å²) in [5.74, 6) is 2.97. The Kier molecular flexibility index (Phi) is 2.45. The van der Waals surface area contributed by atoms with Crippen LogP contribution in [0.15, 0.2) is 22.8 Å². The molecule has 1 aromatic rings. The topological polar surface area (TPSA) is 39.2 Å². The van der Waals surface area contributed by atoms with Crippen LogP contribution in [0.1, 0.15) is 51.2 Å². The highest BCUT2D eigenvalue weighted by molar-refractivity contribution is 5.12. The van der Waals surface area contributed by atoms with Crippen LogP contribution in [0, 0.1) is 22.7 Å². The van der Waals surface area contributed by atoms with E-state index in [2.05, 4.69) is 13.0 Å². The first-order valence-corrected chi connectivity index (χ1v) is 7.85. The molecular formula is C17H25NO. The Hall–Kier alpha value is -0.760. The van der Waals surface area contributed by atoms with Gasteiger partial charge in [-0.1, -0.05) is 6.92 Å². The van der Waals surface area contributed by atoms with Gasteiger partial charge in [0.1, 0.15) is 5.76 Å². The Balaban J connectivity index is 1.59. The van der Waals surface area contributed by atoms with Gasteiger partial charge in [0.25, 0.3) is 0 Å². The van der Waals surface area contributed by atoms with Crippen molar-refractivity contribution in [3.8, 4) is 0 Å². The maximum atomic E-state index is 6.66. The van der Waals surface area contributed by atoms with Crippen LogP contribution in [-0.2, 0) is 6.42 Å². The third kappa shape index (κ3) is 1.87. The van der Waals surface area contributed by atoms with Crippen molar-refractivity contribution in [1.29, 1.82) is 0 Å². The summed E-state index contributed by atoms with van der Waals surface area (Å²) in [6.07, 6.45) is 11.2. The summed E-state index contributed by atoms with van der Waals surface area (Å²) < 4.78 is 5.51. The highest BCUT2D eigenvalue weighted by atomic mass is 16.3. The fraction of sp³-hybridized carbons (Fsp3) is 0.765. The average molecular weight is 259 g/mol. The number of rotatable bonds is 3. The zero-order chi connectivity index (χ0) is 13.1. The van der Waals surface area contributed by atoms with Crippen LogP contribution in [0.25, 0.3) is 0 Å². The van der Waals surface area contributed by atoms with Gasteiger partial charge in [0, 0.05) is 12.5 Å². The van der Waals surface area contributed by atoms with Crippen molar-refractivity contribution in [3.63, 3.8) is 0 Å². The quantitative estimate of drug-likeness (QED) is 0.897. The summed E-state index contributed by atoms with van der Waals surface area (Å²) in [6.45, 7) is 2.51. The Morgan fingerprint density at radius 3 is 2.63 bits per heavy atom. The molecule has 4 saturated carbocycles. The number of hydrogen-bond acceptors (Lipinski definition) is 2. The van der Waals surface area contributed by atoms with Gasteiger partial charge in [0.05, 0.1) is 6.26 Å². The molecule has 4 bridgehead atoms. The van der Waals surface area contributed by atoms with Gasteiger partial charge in [-0.3, -0.25) is 0 Å². The molecule has 4 aliphatic carbocycles. The molecule has 104 valence electrons. The largest absolute Gasteiger partial charge is 0.469 e. The van der Waals surface area contributed by atoms with Crippen LogP contribution in [0.3, 0.4) is 0 Å². The van der Waals surface area contributed by atoms with E-state index in [0.29, 0.717) is 10.8 Å². The van der Waals surface area contributed by atoms with Crippen molar-refractivity contribution in [2.45, 2.75) is 57.9 Å². The van der Waals surface area contributed by atoms with Crippen molar-refractivity contribution < 1.29 is 4.42 Å². The van der Waals surface area contributed by atoms with Crippen molar-refractivity contribution in [1.82, 2.24) is 0 Å². The molecule has 2 N–H and O–H groups in total. The summed E-state index contributed by atoms with van der Waals surface area (Å²) in [5.41, 5.74) is 7.66. The third-order valence-electron chi connectivity index (χ3n) is 6.19. The van der Waals surface area contributed by atoms with E-state index in [-0.39, 0.29) is 6.04 Å². The van der Waals surface area contributed by atoms with Gasteiger partial charge in [-0.15, -0.1) is 0 Å². The number of hydrogen-bond donors (Lipinski definition) is 1. The monoisotopic (exact) mass is 259 g/mol. The standard InChI is InChI=1S/C17H25NO/c1-16-7-12-5-13(8-16)10-17(9-12,11-16)15(18)6-14-3-2-4-19-14/h2-4,12-13,15H,5-11,18H2,1H3. The minimum atomic E-state index is 0.281.